The molecular formula is C8H4BrFO. The summed E-state index contributed by atoms with van der Waals surface area (Å²) in [7, 11) is 0. The molecule has 0 unspecified atom stereocenters. The highest BCUT2D eigenvalue weighted by molar-refractivity contribution is 9.10. The zero-order chi connectivity index (χ0) is 7.84. The van der Waals surface area contributed by atoms with Crippen LogP contribution in [0.2, 0.25) is 0 Å². The van der Waals surface area contributed by atoms with E-state index in [4.69, 9.17) is 4.42 Å². The summed E-state index contributed by atoms with van der Waals surface area (Å²) < 4.78 is 18.5. The van der Waals surface area contributed by atoms with Gasteiger partial charge in [-0.3, -0.25) is 0 Å². The molecule has 11 heavy (non-hydrogen) atoms. The summed E-state index contributed by atoms with van der Waals surface area (Å²) in [6.07, 6.45) is 0. The third-order valence-corrected chi connectivity index (χ3v) is 1.86. The molecule has 2 rings (SSSR count). The van der Waals surface area contributed by atoms with Gasteiger partial charge in [-0.1, -0.05) is 12.1 Å². The molecule has 0 aliphatic heterocycles. The highest BCUT2D eigenvalue weighted by Gasteiger charge is 2.04. The van der Waals surface area contributed by atoms with Crippen LogP contribution in [-0.4, -0.2) is 0 Å². The van der Waals surface area contributed by atoms with Crippen molar-refractivity contribution in [3.63, 3.8) is 0 Å². The van der Waals surface area contributed by atoms with Crippen LogP contribution in [0.1, 0.15) is 0 Å². The number of halogens is 2. The van der Waals surface area contributed by atoms with Gasteiger partial charge in [-0.2, -0.15) is 0 Å². The van der Waals surface area contributed by atoms with Crippen molar-refractivity contribution in [2.75, 3.05) is 0 Å². The van der Waals surface area contributed by atoms with Gasteiger partial charge >= 0.3 is 0 Å². The molecule has 0 amide bonds. The Morgan fingerprint density at radius 3 is 2.91 bits per heavy atom. The van der Waals surface area contributed by atoms with Gasteiger partial charge in [0.2, 0.25) is 0 Å². The van der Waals surface area contributed by atoms with E-state index < -0.39 is 0 Å². The molecule has 0 spiro atoms. The summed E-state index contributed by atoms with van der Waals surface area (Å²) in [5.74, 6) is -0.326. The highest BCUT2D eigenvalue weighted by atomic mass is 79.9. The van der Waals surface area contributed by atoms with E-state index in [1.807, 2.05) is 0 Å². The van der Waals surface area contributed by atoms with Crippen molar-refractivity contribution in [2.45, 2.75) is 0 Å². The fourth-order valence-corrected chi connectivity index (χ4v) is 1.40. The number of fused-ring (bicyclic) bond motifs is 1. The molecular weight excluding hydrogens is 211 g/mol. The fourth-order valence-electron chi connectivity index (χ4n) is 0.996. The molecule has 1 aromatic heterocycles. The zero-order valence-electron chi connectivity index (χ0n) is 5.47. The third-order valence-electron chi connectivity index (χ3n) is 1.47. The van der Waals surface area contributed by atoms with E-state index in [0.717, 1.165) is 5.39 Å². The molecule has 0 radical (unpaired) electrons. The Morgan fingerprint density at radius 1 is 1.36 bits per heavy atom. The first-order chi connectivity index (χ1) is 5.27. The molecule has 2 aromatic rings. The Hall–Kier alpha value is -0.830. The molecule has 56 valence electrons. The van der Waals surface area contributed by atoms with Crippen LogP contribution < -0.4 is 0 Å². The molecule has 1 nitrogen and oxygen atoms in total. The van der Waals surface area contributed by atoms with Gasteiger partial charge in [0.05, 0.1) is 0 Å². The van der Waals surface area contributed by atoms with Crippen molar-refractivity contribution in [1.82, 2.24) is 0 Å². The lowest BCUT2D eigenvalue weighted by Crippen LogP contribution is -1.70. The summed E-state index contributed by atoms with van der Waals surface area (Å²) in [4.78, 5) is 0. The average molecular weight is 215 g/mol. The summed E-state index contributed by atoms with van der Waals surface area (Å²) in [5, 5.41) is 0.775. The third kappa shape index (κ3) is 1.05. The molecule has 0 aliphatic carbocycles. The number of rotatable bonds is 0. The summed E-state index contributed by atoms with van der Waals surface area (Å²) in [5.41, 5.74) is 0.305. The smallest absolute Gasteiger partial charge is 0.171 e. The van der Waals surface area contributed by atoms with Gasteiger partial charge in [0.15, 0.2) is 16.1 Å². The second kappa shape index (κ2) is 2.34. The normalized spacial score (nSPS) is 10.7. The maximum absolute atomic E-state index is 12.9. The predicted octanol–water partition coefficient (Wildman–Crippen LogP) is 3.33. The quantitative estimate of drug-likeness (QED) is 0.656. The van der Waals surface area contributed by atoms with Gasteiger partial charge in [-0.05, 0) is 28.1 Å². The van der Waals surface area contributed by atoms with Crippen molar-refractivity contribution in [1.29, 1.82) is 0 Å². The molecule has 0 saturated heterocycles. The predicted molar refractivity (Wildman–Crippen MR) is 43.9 cm³/mol. The summed E-state index contributed by atoms with van der Waals surface area (Å²) >= 11 is 3.13. The van der Waals surface area contributed by atoms with Crippen molar-refractivity contribution < 1.29 is 8.81 Å². The van der Waals surface area contributed by atoms with E-state index in [1.165, 1.54) is 6.07 Å². The lowest BCUT2D eigenvalue weighted by molar-refractivity contribution is 0.543. The molecule has 0 aliphatic rings. The minimum atomic E-state index is -0.326. The molecule has 0 atom stereocenters. The van der Waals surface area contributed by atoms with Crippen molar-refractivity contribution in [2.24, 2.45) is 0 Å². The van der Waals surface area contributed by atoms with Crippen molar-refractivity contribution in [3.8, 4) is 0 Å². The van der Waals surface area contributed by atoms with Gasteiger partial charge in [0.1, 0.15) is 0 Å². The second-order valence-corrected chi connectivity index (χ2v) is 2.99. The fraction of sp³-hybridized carbons (Fsp3) is 0. The Bertz CT molecular complexity index is 394. The summed E-state index contributed by atoms with van der Waals surface area (Å²) in [6.45, 7) is 0. The van der Waals surface area contributed by atoms with Crippen LogP contribution in [-0.2, 0) is 0 Å². The number of furan rings is 1. The van der Waals surface area contributed by atoms with Crippen molar-refractivity contribution >= 4 is 26.9 Å². The zero-order valence-corrected chi connectivity index (χ0v) is 7.06. The minimum absolute atomic E-state index is 0.305. The first kappa shape index (κ1) is 6.85. The first-order valence-electron chi connectivity index (χ1n) is 3.11. The molecule has 0 N–H and O–H groups in total. The van der Waals surface area contributed by atoms with Crippen LogP contribution in [0.5, 0.6) is 0 Å². The maximum Gasteiger partial charge on any atom is 0.171 e. The lowest BCUT2D eigenvalue weighted by atomic mass is 10.2. The van der Waals surface area contributed by atoms with Crippen LogP contribution >= 0.6 is 15.9 Å². The Morgan fingerprint density at radius 2 is 2.18 bits per heavy atom. The molecule has 3 heteroatoms. The van der Waals surface area contributed by atoms with Gasteiger partial charge < -0.3 is 4.42 Å². The van der Waals surface area contributed by atoms with E-state index >= 15 is 0 Å². The number of benzene rings is 1. The van der Waals surface area contributed by atoms with Crippen molar-refractivity contribution in [3.05, 3.63) is 34.8 Å². The van der Waals surface area contributed by atoms with E-state index in [2.05, 4.69) is 15.9 Å². The van der Waals surface area contributed by atoms with Gasteiger partial charge in [0.25, 0.3) is 0 Å². The topological polar surface area (TPSA) is 13.1 Å². The van der Waals surface area contributed by atoms with Gasteiger partial charge in [0, 0.05) is 5.39 Å². The first-order valence-corrected chi connectivity index (χ1v) is 3.90. The van der Waals surface area contributed by atoms with Crippen LogP contribution in [0.25, 0.3) is 11.0 Å². The average Bonchev–Trinajstić information content (AvgIpc) is 2.31. The molecule has 1 aromatic carbocycles. The molecule has 1 heterocycles. The highest BCUT2D eigenvalue weighted by Crippen LogP contribution is 2.24. The lowest BCUT2D eigenvalue weighted by Gasteiger charge is -1.87. The minimum Gasteiger partial charge on any atom is -0.446 e. The van der Waals surface area contributed by atoms with Gasteiger partial charge in [-0.25, -0.2) is 4.39 Å². The number of para-hydroxylation sites is 1. The Kier molecular flexibility index (Phi) is 1.46. The van der Waals surface area contributed by atoms with Crippen LogP contribution in [0, 0.1) is 5.82 Å². The number of hydrogen-bond donors (Lipinski definition) is 0. The second-order valence-electron chi connectivity index (χ2n) is 2.21. The Labute approximate surface area is 70.9 Å². The van der Waals surface area contributed by atoms with E-state index in [9.17, 15) is 4.39 Å². The number of hydrogen-bond acceptors (Lipinski definition) is 1. The van der Waals surface area contributed by atoms with Gasteiger partial charge in [-0.15, -0.1) is 0 Å². The summed E-state index contributed by atoms with van der Waals surface area (Å²) in [6, 6.07) is 6.56. The van der Waals surface area contributed by atoms with Crippen LogP contribution in [0.4, 0.5) is 4.39 Å². The molecule has 0 fully saturated rings. The van der Waals surface area contributed by atoms with E-state index in [1.54, 1.807) is 18.2 Å². The van der Waals surface area contributed by atoms with Crippen LogP contribution in [0.15, 0.2) is 33.4 Å². The SMILES string of the molecule is Fc1cccc2cc(Br)oc12. The standard InChI is InChI=1S/C8H4BrFO/c9-7-4-5-2-1-3-6(10)8(5)11-7/h1-4H. The molecule has 0 bridgehead atoms. The maximum atomic E-state index is 12.9. The monoisotopic (exact) mass is 214 g/mol. The van der Waals surface area contributed by atoms with E-state index in [0.29, 0.717) is 10.3 Å². The van der Waals surface area contributed by atoms with E-state index in [-0.39, 0.29) is 5.82 Å². The largest absolute Gasteiger partial charge is 0.446 e. The van der Waals surface area contributed by atoms with Crippen LogP contribution in [0.3, 0.4) is 0 Å². The Balaban J connectivity index is 2.90. The molecule has 0 saturated carbocycles.